The molecule has 0 spiro atoms. The van der Waals surface area contributed by atoms with Gasteiger partial charge in [0, 0.05) is 26.2 Å². The first kappa shape index (κ1) is 14.4. The number of rotatable bonds is 5. The van der Waals surface area contributed by atoms with Gasteiger partial charge in [0.15, 0.2) is 0 Å². The van der Waals surface area contributed by atoms with Crippen molar-refractivity contribution in [1.82, 2.24) is 14.8 Å². The second-order valence-corrected chi connectivity index (χ2v) is 5.94. The molecule has 19 heavy (non-hydrogen) atoms. The molecule has 2 heterocycles. The highest BCUT2D eigenvalue weighted by atomic mass is 32.1. The van der Waals surface area contributed by atoms with Crippen molar-refractivity contribution in [3.05, 3.63) is 15.6 Å². The van der Waals surface area contributed by atoms with Crippen molar-refractivity contribution in [3.63, 3.8) is 0 Å². The molecule has 6 heteroatoms. The Labute approximate surface area is 118 Å². The maximum atomic E-state index is 7.59. The lowest BCUT2D eigenvalue weighted by molar-refractivity contribution is 0.132. The first-order valence-corrected chi connectivity index (χ1v) is 7.73. The molecule has 5 nitrogen and oxygen atoms in total. The summed E-state index contributed by atoms with van der Waals surface area (Å²) >= 11 is 1.58. The molecular weight excluding hydrogens is 258 g/mol. The number of piperazine rings is 1. The third-order valence-electron chi connectivity index (χ3n) is 3.59. The molecular formula is C13H23N5S. The highest BCUT2D eigenvalue weighted by molar-refractivity contribution is 7.13. The van der Waals surface area contributed by atoms with E-state index in [1.54, 1.807) is 11.3 Å². The Morgan fingerprint density at radius 1 is 1.26 bits per heavy atom. The Balaban J connectivity index is 1.98. The lowest BCUT2D eigenvalue weighted by Crippen LogP contribution is -2.45. The fourth-order valence-electron chi connectivity index (χ4n) is 2.37. The summed E-state index contributed by atoms with van der Waals surface area (Å²) in [5.74, 6) is 0.149. The van der Waals surface area contributed by atoms with Crippen LogP contribution in [0.15, 0.2) is 0 Å². The van der Waals surface area contributed by atoms with Gasteiger partial charge in [-0.05, 0) is 13.0 Å². The standard InChI is InChI=1S/C13H23N5S/c1-3-10-12(13(14)15)19-11(16-10)9-18-7-5-17(4-2)6-8-18/h3-9H2,1-2H3,(H3,14,15). The molecule has 0 aromatic carbocycles. The first-order valence-electron chi connectivity index (χ1n) is 6.91. The second kappa shape index (κ2) is 6.45. The van der Waals surface area contributed by atoms with E-state index in [4.69, 9.17) is 11.1 Å². The fourth-order valence-corrected chi connectivity index (χ4v) is 3.43. The third-order valence-corrected chi connectivity index (χ3v) is 4.71. The number of hydrogen-bond donors (Lipinski definition) is 2. The van der Waals surface area contributed by atoms with Crippen molar-refractivity contribution in [2.45, 2.75) is 26.8 Å². The van der Waals surface area contributed by atoms with Gasteiger partial charge in [-0.15, -0.1) is 11.3 Å². The molecule has 0 bridgehead atoms. The number of nitrogens with two attached hydrogens (primary N) is 1. The summed E-state index contributed by atoms with van der Waals surface area (Å²) in [5.41, 5.74) is 6.58. The van der Waals surface area contributed by atoms with Crippen molar-refractivity contribution in [2.75, 3.05) is 32.7 Å². The van der Waals surface area contributed by atoms with E-state index in [0.717, 1.165) is 61.3 Å². The minimum atomic E-state index is 0.149. The number of nitrogens with zero attached hydrogens (tertiary/aromatic N) is 3. The van der Waals surface area contributed by atoms with Crippen molar-refractivity contribution < 1.29 is 0 Å². The summed E-state index contributed by atoms with van der Waals surface area (Å²) in [5, 5.41) is 8.68. The predicted molar refractivity (Wildman–Crippen MR) is 79.9 cm³/mol. The van der Waals surface area contributed by atoms with Gasteiger partial charge >= 0.3 is 0 Å². The van der Waals surface area contributed by atoms with E-state index in [9.17, 15) is 0 Å². The van der Waals surface area contributed by atoms with E-state index in [-0.39, 0.29) is 5.84 Å². The predicted octanol–water partition coefficient (Wildman–Crippen LogP) is 1.13. The second-order valence-electron chi connectivity index (χ2n) is 4.86. The molecule has 2 rings (SSSR count). The molecule has 0 saturated carbocycles. The van der Waals surface area contributed by atoms with Crippen LogP contribution < -0.4 is 5.73 Å². The number of nitrogens with one attached hydrogen (secondary N) is 1. The van der Waals surface area contributed by atoms with Crippen LogP contribution in [0.1, 0.15) is 29.4 Å². The highest BCUT2D eigenvalue weighted by Gasteiger charge is 2.18. The summed E-state index contributed by atoms with van der Waals surface area (Å²) in [4.78, 5) is 10.4. The zero-order valence-electron chi connectivity index (χ0n) is 11.8. The van der Waals surface area contributed by atoms with Crippen molar-refractivity contribution in [2.24, 2.45) is 5.73 Å². The lowest BCUT2D eigenvalue weighted by atomic mass is 10.3. The fraction of sp³-hybridized carbons (Fsp3) is 0.692. The van der Waals surface area contributed by atoms with Crippen LogP contribution in [0.4, 0.5) is 0 Å². The maximum absolute atomic E-state index is 7.59. The van der Waals surface area contributed by atoms with Crippen molar-refractivity contribution in [1.29, 1.82) is 5.41 Å². The Kier molecular flexibility index (Phi) is 4.90. The van der Waals surface area contributed by atoms with Gasteiger partial charge in [-0.25, -0.2) is 4.98 Å². The van der Waals surface area contributed by atoms with Crippen LogP contribution in [0.5, 0.6) is 0 Å². The number of nitrogen functional groups attached to an aromatic ring is 1. The first-order chi connectivity index (χ1) is 9.13. The van der Waals surface area contributed by atoms with Crippen LogP contribution in [0.25, 0.3) is 0 Å². The van der Waals surface area contributed by atoms with Crippen molar-refractivity contribution in [3.8, 4) is 0 Å². The molecule has 0 atom stereocenters. The summed E-state index contributed by atoms with van der Waals surface area (Å²) in [6.45, 7) is 10.8. The molecule has 0 amide bonds. The van der Waals surface area contributed by atoms with Gasteiger partial charge in [0.25, 0.3) is 0 Å². The van der Waals surface area contributed by atoms with Crippen LogP contribution in [0.3, 0.4) is 0 Å². The zero-order valence-corrected chi connectivity index (χ0v) is 12.6. The van der Waals surface area contributed by atoms with Gasteiger partial charge in [-0.1, -0.05) is 13.8 Å². The molecule has 0 aliphatic carbocycles. The lowest BCUT2D eigenvalue weighted by Gasteiger charge is -2.33. The monoisotopic (exact) mass is 281 g/mol. The summed E-state index contributed by atoms with van der Waals surface area (Å²) < 4.78 is 0. The van der Waals surface area contributed by atoms with Crippen LogP contribution in [0, 0.1) is 5.41 Å². The van der Waals surface area contributed by atoms with Gasteiger partial charge in [-0.3, -0.25) is 10.3 Å². The summed E-state index contributed by atoms with van der Waals surface area (Å²) in [6.07, 6.45) is 0.842. The van der Waals surface area contributed by atoms with Crippen LogP contribution in [0.2, 0.25) is 0 Å². The Morgan fingerprint density at radius 2 is 1.89 bits per heavy atom. The Bertz CT molecular complexity index is 434. The molecule has 1 aromatic rings. The third kappa shape index (κ3) is 3.52. The molecule has 3 N–H and O–H groups in total. The minimum absolute atomic E-state index is 0.149. The van der Waals surface area contributed by atoms with E-state index >= 15 is 0 Å². The van der Waals surface area contributed by atoms with Crippen LogP contribution in [-0.2, 0) is 13.0 Å². The smallest absolute Gasteiger partial charge is 0.135 e. The van der Waals surface area contributed by atoms with E-state index in [0.29, 0.717) is 0 Å². The van der Waals surface area contributed by atoms with E-state index in [2.05, 4.69) is 28.6 Å². The number of thiazole rings is 1. The number of amidine groups is 1. The SMILES string of the molecule is CCc1nc(CN2CCN(CC)CC2)sc1C(=N)N. The molecule has 1 saturated heterocycles. The number of aromatic nitrogens is 1. The molecule has 106 valence electrons. The van der Waals surface area contributed by atoms with Gasteiger partial charge in [0.1, 0.15) is 10.8 Å². The van der Waals surface area contributed by atoms with Gasteiger partial charge in [0.2, 0.25) is 0 Å². The Hall–Kier alpha value is -0.980. The highest BCUT2D eigenvalue weighted by Crippen LogP contribution is 2.20. The van der Waals surface area contributed by atoms with E-state index in [1.165, 1.54) is 0 Å². The molecule has 0 radical (unpaired) electrons. The summed E-state index contributed by atoms with van der Waals surface area (Å²) in [7, 11) is 0. The molecule has 1 aliphatic rings. The normalized spacial score (nSPS) is 17.8. The average Bonchev–Trinajstić information content (AvgIpc) is 2.83. The van der Waals surface area contributed by atoms with E-state index < -0.39 is 0 Å². The van der Waals surface area contributed by atoms with Gasteiger partial charge in [-0.2, -0.15) is 0 Å². The number of likely N-dealkylation sites (N-methyl/N-ethyl adjacent to an activating group) is 1. The van der Waals surface area contributed by atoms with E-state index in [1.807, 2.05) is 0 Å². The van der Waals surface area contributed by atoms with Gasteiger partial charge < -0.3 is 10.6 Å². The zero-order chi connectivity index (χ0) is 13.8. The molecule has 1 fully saturated rings. The molecule has 1 aliphatic heterocycles. The number of aryl methyl sites for hydroxylation is 1. The van der Waals surface area contributed by atoms with Crippen molar-refractivity contribution >= 4 is 17.2 Å². The minimum Gasteiger partial charge on any atom is -0.383 e. The maximum Gasteiger partial charge on any atom is 0.135 e. The molecule has 0 unspecified atom stereocenters. The molecule has 1 aromatic heterocycles. The topological polar surface area (TPSA) is 69.2 Å². The Morgan fingerprint density at radius 3 is 2.37 bits per heavy atom. The summed E-state index contributed by atoms with van der Waals surface area (Å²) in [6, 6.07) is 0. The quantitative estimate of drug-likeness (QED) is 0.627. The number of hydrogen-bond acceptors (Lipinski definition) is 5. The largest absolute Gasteiger partial charge is 0.383 e. The van der Waals surface area contributed by atoms with Crippen LogP contribution in [-0.4, -0.2) is 53.3 Å². The van der Waals surface area contributed by atoms with Gasteiger partial charge in [0.05, 0.1) is 17.1 Å². The van der Waals surface area contributed by atoms with Crippen LogP contribution >= 0.6 is 11.3 Å². The average molecular weight is 281 g/mol.